The van der Waals surface area contributed by atoms with Crippen molar-refractivity contribution in [1.82, 2.24) is 19.5 Å². The predicted octanol–water partition coefficient (Wildman–Crippen LogP) is 2.01. The van der Waals surface area contributed by atoms with E-state index in [0.29, 0.717) is 5.75 Å². The summed E-state index contributed by atoms with van der Waals surface area (Å²) in [5.74, 6) is 2.11. The minimum absolute atomic E-state index is 0.661. The second-order valence-electron chi connectivity index (χ2n) is 4.57. The fourth-order valence-corrected chi connectivity index (χ4v) is 2.03. The van der Waals surface area contributed by atoms with Crippen LogP contribution in [-0.4, -0.2) is 39.7 Å². The monoisotopic (exact) mass is 290 g/mol. The number of aromatic nitrogens is 4. The maximum Gasteiger partial charge on any atom is 0.204 e. The summed E-state index contributed by atoms with van der Waals surface area (Å²) in [5, 5.41) is 6.46. The highest BCUT2D eigenvalue weighted by molar-refractivity contribution is 5.63. The van der Waals surface area contributed by atoms with Gasteiger partial charge in [0.25, 0.3) is 0 Å². The largest absolute Gasteiger partial charge is 0.490 e. The summed E-state index contributed by atoms with van der Waals surface area (Å²) in [4.78, 5) is 12.4. The van der Waals surface area contributed by atoms with Crippen LogP contribution in [0.5, 0.6) is 5.75 Å². The molecule has 0 aromatic carbocycles. The van der Waals surface area contributed by atoms with Crippen molar-refractivity contribution in [3.05, 3.63) is 25.0 Å². The van der Waals surface area contributed by atoms with Crippen LogP contribution >= 0.6 is 0 Å². The predicted molar refractivity (Wildman–Crippen MR) is 82.7 cm³/mol. The molecule has 0 aliphatic rings. The number of nitrogens with zero attached hydrogens (tertiary/aromatic N) is 4. The van der Waals surface area contributed by atoms with E-state index in [1.165, 1.54) is 6.33 Å². The Morgan fingerprint density at radius 3 is 2.67 bits per heavy atom. The van der Waals surface area contributed by atoms with Gasteiger partial charge in [0.1, 0.15) is 6.33 Å². The molecular formula is C14H22N6O. The van der Waals surface area contributed by atoms with Gasteiger partial charge in [0.2, 0.25) is 5.75 Å². The number of methoxy groups -OCH3 is 1. The van der Waals surface area contributed by atoms with Gasteiger partial charge in [-0.3, -0.25) is 0 Å². The summed E-state index contributed by atoms with van der Waals surface area (Å²) in [6, 6.07) is 0. The molecule has 0 fully saturated rings. The molecule has 0 amide bonds. The van der Waals surface area contributed by atoms with Crippen molar-refractivity contribution in [3.8, 4) is 5.75 Å². The van der Waals surface area contributed by atoms with Crippen LogP contribution < -0.4 is 15.4 Å². The van der Waals surface area contributed by atoms with Crippen LogP contribution in [0, 0.1) is 0 Å². The minimum Gasteiger partial charge on any atom is -0.490 e. The van der Waals surface area contributed by atoms with Gasteiger partial charge >= 0.3 is 0 Å². The number of hydrogen-bond donors (Lipinski definition) is 2. The van der Waals surface area contributed by atoms with Gasteiger partial charge in [0.15, 0.2) is 11.6 Å². The molecule has 0 aliphatic carbocycles. The van der Waals surface area contributed by atoms with Crippen molar-refractivity contribution in [3.63, 3.8) is 0 Å². The maximum absolute atomic E-state index is 5.38. The number of anilines is 2. The average Bonchev–Trinajstić information content (AvgIpc) is 3.01. The smallest absolute Gasteiger partial charge is 0.204 e. The van der Waals surface area contributed by atoms with Gasteiger partial charge in [-0.1, -0.05) is 0 Å². The van der Waals surface area contributed by atoms with Crippen molar-refractivity contribution in [2.75, 3.05) is 30.8 Å². The zero-order chi connectivity index (χ0) is 14.9. The van der Waals surface area contributed by atoms with E-state index in [2.05, 4.69) is 30.2 Å². The quantitative estimate of drug-likeness (QED) is 0.688. The molecule has 0 aliphatic heterocycles. The van der Waals surface area contributed by atoms with E-state index < -0.39 is 0 Å². The molecule has 0 radical (unpaired) electrons. The second kappa shape index (κ2) is 8.08. The first-order chi connectivity index (χ1) is 10.3. The molecular weight excluding hydrogens is 268 g/mol. The van der Waals surface area contributed by atoms with Crippen LogP contribution in [-0.2, 0) is 6.54 Å². The first-order valence-corrected chi connectivity index (χ1v) is 7.17. The molecule has 2 rings (SSSR count). The molecule has 7 heteroatoms. The van der Waals surface area contributed by atoms with Gasteiger partial charge in [-0.15, -0.1) is 0 Å². The summed E-state index contributed by atoms with van der Waals surface area (Å²) in [5.41, 5.74) is 0. The summed E-state index contributed by atoms with van der Waals surface area (Å²) >= 11 is 0. The van der Waals surface area contributed by atoms with E-state index in [1.54, 1.807) is 13.3 Å². The van der Waals surface area contributed by atoms with Crippen molar-refractivity contribution in [2.24, 2.45) is 0 Å². The molecule has 0 spiro atoms. The first kappa shape index (κ1) is 15.1. The van der Waals surface area contributed by atoms with Gasteiger partial charge in [0.05, 0.1) is 13.4 Å². The number of ether oxygens (including phenoxy) is 1. The number of aryl methyl sites for hydroxylation is 1. The molecule has 2 aromatic heterocycles. The summed E-state index contributed by atoms with van der Waals surface area (Å²) in [6.45, 7) is 4.63. The van der Waals surface area contributed by atoms with Gasteiger partial charge in [-0.25, -0.2) is 15.0 Å². The van der Waals surface area contributed by atoms with Crippen LogP contribution in [0.25, 0.3) is 0 Å². The maximum atomic E-state index is 5.38. The minimum atomic E-state index is 0.661. The van der Waals surface area contributed by atoms with E-state index in [-0.39, 0.29) is 0 Å². The first-order valence-electron chi connectivity index (χ1n) is 7.17. The molecule has 0 saturated carbocycles. The fraction of sp³-hybridized carbons (Fsp3) is 0.500. The van der Waals surface area contributed by atoms with Crippen LogP contribution in [0.2, 0.25) is 0 Å². The number of unbranched alkanes of at least 4 members (excludes halogenated alkanes) is 1. The molecule has 2 heterocycles. The van der Waals surface area contributed by atoms with Gasteiger partial charge in [-0.2, -0.15) is 0 Å². The Morgan fingerprint density at radius 2 is 2.00 bits per heavy atom. The van der Waals surface area contributed by atoms with Gasteiger partial charge < -0.3 is 19.9 Å². The zero-order valence-electron chi connectivity index (χ0n) is 12.5. The normalized spacial score (nSPS) is 10.4. The highest BCUT2D eigenvalue weighted by atomic mass is 16.5. The average molecular weight is 290 g/mol. The molecule has 0 bridgehead atoms. The van der Waals surface area contributed by atoms with E-state index in [4.69, 9.17) is 4.74 Å². The van der Waals surface area contributed by atoms with Crippen LogP contribution in [0.15, 0.2) is 25.0 Å². The van der Waals surface area contributed by atoms with E-state index in [1.807, 2.05) is 19.4 Å². The lowest BCUT2D eigenvalue weighted by Crippen LogP contribution is -2.09. The lowest BCUT2D eigenvalue weighted by atomic mass is 10.3. The molecule has 2 aromatic rings. The number of nitrogens with one attached hydrogen (secondary N) is 2. The van der Waals surface area contributed by atoms with Crippen molar-refractivity contribution >= 4 is 11.6 Å². The number of rotatable bonds is 9. The topological polar surface area (TPSA) is 76.9 Å². The van der Waals surface area contributed by atoms with E-state index in [9.17, 15) is 0 Å². The molecule has 114 valence electrons. The Labute approximate surface area is 124 Å². The SMILES string of the molecule is CCNc1ncnc(NCCCCn2ccnc2)c1OC. The van der Waals surface area contributed by atoms with Crippen molar-refractivity contribution in [2.45, 2.75) is 26.3 Å². The highest BCUT2D eigenvalue weighted by Gasteiger charge is 2.10. The van der Waals surface area contributed by atoms with Crippen LogP contribution in [0.1, 0.15) is 19.8 Å². The van der Waals surface area contributed by atoms with E-state index in [0.717, 1.165) is 44.1 Å². The Hall–Kier alpha value is -2.31. The Bertz CT molecular complexity index is 528. The fourth-order valence-electron chi connectivity index (χ4n) is 2.03. The summed E-state index contributed by atoms with van der Waals surface area (Å²) < 4.78 is 7.46. The molecule has 0 unspecified atom stereocenters. The highest BCUT2D eigenvalue weighted by Crippen LogP contribution is 2.28. The Kier molecular flexibility index (Phi) is 5.81. The van der Waals surface area contributed by atoms with Crippen LogP contribution in [0.3, 0.4) is 0 Å². The Balaban J connectivity index is 1.80. The van der Waals surface area contributed by atoms with Crippen molar-refractivity contribution in [1.29, 1.82) is 0 Å². The van der Waals surface area contributed by atoms with Gasteiger partial charge in [-0.05, 0) is 19.8 Å². The molecule has 2 N–H and O–H groups in total. The third-order valence-electron chi connectivity index (χ3n) is 3.05. The third kappa shape index (κ3) is 4.34. The Morgan fingerprint density at radius 1 is 1.19 bits per heavy atom. The molecule has 0 saturated heterocycles. The molecule has 21 heavy (non-hydrogen) atoms. The van der Waals surface area contributed by atoms with Gasteiger partial charge in [0, 0.05) is 32.0 Å². The summed E-state index contributed by atoms with van der Waals surface area (Å²) in [7, 11) is 1.63. The second-order valence-corrected chi connectivity index (χ2v) is 4.57. The third-order valence-corrected chi connectivity index (χ3v) is 3.05. The summed E-state index contributed by atoms with van der Waals surface area (Å²) in [6.07, 6.45) is 9.27. The standard InChI is InChI=1S/C14H22N6O/c1-3-16-13-12(21-2)14(19-10-18-13)17-6-4-5-8-20-9-7-15-11-20/h7,9-11H,3-6,8H2,1-2H3,(H2,16,17,18,19). The lowest BCUT2D eigenvalue weighted by molar-refractivity contribution is 0.414. The molecule has 7 nitrogen and oxygen atoms in total. The van der Waals surface area contributed by atoms with E-state index >= 15 is 0 Å². The zero-order valence-corrected chi connectivity index (χ0v) is 12.5. The van der Waals surface area contributed by atoms with Crippen molar-refractivity contribution < 1.29 is 4.74 Å². The molecule has 0 atom stereocenters. The number of imidazole rings is 1. The lowest BCUT2D eigenvalue weighted by Gasteiger charge is -2.13. The number of hydrogen-bond acceptors (Lipinski definition) is 6. The van der Waals surface area contributed by atoms with Crippen LogP contribution in [0.4, 0.5) is 11.6 Å².